The summed E-state index contributed by atoms with van der Waals surface area (Å²) in [7, 11) is 0. The Bertz CT molecular complexity index is 1220. The summed E-state index contributed by atoms with van der Waals surface area (Å²) in [5.41, 5.74) is 10.4. The number of carbonyl (C=O) groups is 2. The summed E-state index contributed by atoms with van der Waals surface area (Å²) in [6, 6.07) is 16.3. The lowest BCUT2D eigenvalue weighted by molar-refractivity contribution is -0.133. The number of piperidine rings is 1. The quantitative estimate of drug-likeness (QED) is 0.240. The maximum absolute atomic E-state index is 13.0. The van der Waals surface area contributed by atoms with Gasteiger partial charge in [-0.15, -0.1) is 0 Å². The fourth-order valence-corrected chi connectivity index (χ4v) is 4.31. The summed E-state index contributed by atoms with van der Waals surface area (Å²) in [6.07, 6.45) is 5.25. The Morgan fingerprint density at radius 1 is 1.15 bits per heavy atom. The number of nitrogens with two attached hydrogens (primary N) is 1. The maximum atomic E-state index is 13.0. The molecule has 0 aliphatic carbocycles. The summed E-state index contributed by atoms with van der Waals surface area (Å²) in [5, 5.41) is 15.6. The largest absolute Gasteiger partial charge is 0.506 e. The third-order valence-corrected chi connectivity index (χ3v) is 6.17. The number of hydrazone groups is 1. The molecule has 1 aliphatic heterocycles. The van der Waals surface area contributed by atoms with E-state index >= 15 is 0 Å². The molecule has 2 amide bonds. The SMILES string of the molecule is CC1CCCCN1C(=O)Cc1ccc(/C=N/NC(=O)c2ccc(O)c(N)c2)c2ccccc12. The van der Waals surface area contributed by atoms with Gasteiger partial charge < -0.3 is 15.7 Å². The van der Waals surface area contributed by atoms with E-state index < -0.39 is 5.91 Å². The van der Waals surface area contributed by atoms with Crippen LogP contribution in [0.25, 0.3) is 10.8 Å². The number of hydrogen-bond acceptors (Lipinski definition) is 5. The van der Waals surface area contributed by atoms with Crippen LogP contribution in [0.15, 0.2) is 59.7 Å². The summed E-state index contributed by atoms with van der Waals surface area (Å²) in [4.78, 5) is 27.3. The number of amides is 2. The lowest BCUT2D eigenvalue weighted by atomic mass is 9.96. The van der Waals surface area contributed by atoms with Crippen LogP contribution in [0.2, 0.25) is 0 Å². The number of nitrogens with one attached hydrogen (secondary N) is 1. The number of phenols is 1. The number of anilines is 1. The van der Waals surface area contributed by atoms with Crippen LogP contribution in [0.3, 0.4) is 0 Å². The van der Waals surface area contributed by atoms with Crippen molar-refractivity contribution in [2.75, 3.05) is 12.3 Å². The molecule has 1 fully saturated rings. The molecule has 4 rings (SSSR count). The monoisotopic (exact) mass is 444 g/mol. The highest BCUT2D eigenvalue weighted by Gasteiger charge is 2.23. The van der Waals surface area contributed by atoms with Crippen molar-refractivity contribution >= 4 is 34.5 Å². The number of phenolic OH excluding ortho intramolecular Hbond substituents is 1. The maximum Gasteiger partial charge on any atom is 0.271 e. The molecule has 170 valence electrons. The number of rotatable bonds is 5. The number of nitrogens with zero attached hydrogens (tertiary/aromatic N) is 2. The van der Waals surface area contributed by atoms with E-state index in [1.807, 2.05) is 41.3 Å². The molecule has 7 heteroatoms. The minimum absolute atomic E-state index is 0.0742. The molecule has 1 unspecified atom stereocenters. The van der Waals surface area contributed by atoms with Gasteiger partial charge in [0.25, 0.3) is 5.91 Å². The molecule has 0 bridgehead atoms. The van der Waals surface area contributed by atoms with Crippen molar-refractivity contribution in [3.05, 3.63) is 71.3 Å². The molecule has 1 saturated heterocycles. The van der Waals surface area contributed by atoms with Gasteiger partial charge in [-0.05, 0) is 60.7 Å². The van der Waals surface area contributed by atoms with Gasteiger partial charge in [-0.1, -0.05) is 36.4 Å². The second-order valence-electron chi connectivity index (χ2n) is 8.44. The molecule has 1 heterocycles. The standard InChI is InChI=1S/C26H28N4O3/c1-17-6-4-5-13-30(17)25(32)15-18-9-10-20(22-8-3-2-7-21(18)22)16-28-29-26(33)19-11-12-24(31)23(27)14-19/h2-3,7-12,14,16-17,31H,4-6,13,15,27H2,1H3,(H,29,33)/b28-16+. The lowest BCUT2D eigenvalue weighted by Crippen LogP contribution is -2.42. The third kappa shape index (κ3) is 4.98. The van der Waals surface area contributed by atoms with E-state index in [9.17, 15) is 14.7 Å². The first kappa shape index (κ1) is 22.3. The zero-order chi connectivity index (χ0) is 23.4. The Balaban J connectivity index is 1.51. The van der Waals surface area contributed by atoms with Gasteiger partial charge in [0.1, 0.15) is 5.75 Å². The lowest BCUT2D eigenvalue weighted by Gasteiger charge is -2.33. The van der Waals surface area contributed by atoms with E-state index in [0.717, 1.165) is 41.3 Å². The van der Waals surface area contributed by atoms with Gasteiger partial charge >= 0.3 is 0 Å². The van der Waals surface area contributed by atoms with Crippen molar-refractivity contribution in [3.63, 3.8) is 0 Å². The predicted octanol–water partition coefficient (Wildman–Crippen LogP) is 3.84. The average Bonchev–Trinajstić information content (AvgIpc) is 2.82. The molecule has 1 aliphatic rings. The van der Waals surface area contributed by atoms with Crippen molar-refractivity contribution < 1.29 is 14.7 Å². The molecule has 7 nitrogen and oxygen atoms in total. The zero-order valence-electron chi connectivity index (χ0n) is 18.6. The van der Waals surface area contributed by atoms with Crippen LogP contribution >= 0.6 is 0 Å². The number of nitrogen functional groups attached to an aromatic ring is 1. The molecule has 1 atom stereocenters. The highest BCUT2D eigenvalue weighted by atomic mass is 16.3. The van der Waals surface area contributed by atoms with Crippen molar-refractivity contribution in [1.29, 1.82) is 0 Å². The van der Waals surface area contributed by atoms with Crippen LogP contribution in [0.1, 0.15) is 47.7 Å². The minimum Gasteiger partial charge on any atom is -0.506 e. The van der Waals surface area contributed by atoms with Crippen molar-refractivity contribution in [1.82, 2.24) is 10.3 Å². The summed E-state index contributed by atoms with van der Waals surface area (Å²) in [5.74, 6) is -0.343. The Morgan fingerprint density at radius 2 is 1.94 bits per heavy atom. The number of likely N-dealkylation sites (tertiary alicyclic amines) is 1. The number of hydrogen-bond donors (Lipinski definition) is 3. The fraction of sp³-hybridized carbons (Fsp3) is 0.269. The van der Waals surface area contributed by atoms with Crippen molar-refractivity contribution in [2.45, 2.75) is 38.6 Å². The van der Waals surface area contributed by atoms with E-state index in [0.29, 0.717) is 12.0 Å². The Hall–Kier alpha value is -3.87. The van der Waals surface area contributed by atoms with E-state index in [4.69, 9.17) is 5.73 Å². The van der Waals surface area contributed by atoms with E-state index in [-0.39, 0.29) is 23.4 Å². The summed E-state index contributed by atoms with van der Waals surface area (Å²) >= 11 is 0. The first-order valence-corrected chi connectivity index (χ1v) is 11.2. The second-order valence-corrected chi connectivity index (χ2v) is 8.44. The predicted molar refractivity (Wildman–Crippen MR) is 130 cm³/mol. The minimum atomic E-state index is -0.430. The molecule has 0 spiro atoms. The number of fused-ring (bicyclic) bond motifs is 1. The van der Waals surface area contributed by atoms with Gasteiger partial charge in [0.2, 0.25) is 5.91 Å². The van der Waals surface area contributed by atoms with Crippen LogP contribution in [0.5, 0.6) is 5.75 Å². The Labute approximate surface area is 192 Å². The molecular formula is C26H28N4O3. The fourth-order valence-electron chi connectivity index (χ4n) is 4.31. The van der Waals surface area contributed by atoms with E-state index in [2.05, 4.69) is 17.5 Å². The van der Waals surface area contributed by atoms with E-state index in [1.54, 1.807) is 6.21 Å². The molecule has 3 aromatic rings. The summed E-state index contributed by atoms with van der Waals surface area (Å²) < 4.78 is 0. The van der Waals surface area contributed by atoms with Crippen LogP contribution in [-0.4, -0.2) is 40.6 Å². The van der Waals surface area contributed by atoms with Gasteiger partial charge in [-0.2, -0.15) is 5.10 Å². The first-order valence-electron chi connectivity index (χ1n) is 11.2. The first-order chi connectivity index (χ1) is 15.9. The molecule has 33 heavy (non-hydrogen) atoms. The Morgan fingerprint density at radius 3 is 2.70 bits per heavy atom. The summed E-state index contributed by atoms with van der Waals surface area (Å²) in [6.45, 7) is 2.95. The molecular weight excluding hydrogens is 416 g/mol. The van der Waals surface area contributed by atoms with Crippen LogP contribution in [0, 0.1) is 0 Å². The zero-order valence-corrected chi connectivity index (χ0v) is 18.6. The Kier molecular flexibility index (Phi) is 6.58. The number of benzene rings is 3. The van der Waals surface area contributed by atoms with Crippen molar-refractivity contribution in [3.8, 4) is 5.75 Å². The van der Waals surface area contributed by atoms with Crippen LogP contribution in [0.4, 0.5) is 5.69 Å². The van der Waals surface area contributed by atoms with Crippen LogP contribution < -0.4 is 11.2 Å². The van der Waals surface area contributed by atoms with Gasteiger partial charge in [-0.3, -0.25) is 9.59 Å². The molecule has 3 aromatic carbocycles. The third-order valence-electron chi connectivity index (χ3n) is 6.17. The van der Waals surface area contributed by atoms with Crippen molar-refractivity contribution in [2.24, 2.45) is 5.10 Å². The molecule has 4 N–H and O–H groups in total. The topological polar surface area (TPSA) is 108 Å². The van der Waals surface area contributed by atoms with Gasteiger partial charge in [0.15, 0.2) is 0 Å². The van der Waals surface area contributed by atoms with Crippen LogP contribution in [-0.2, 0) is 11.2 Å². The highest BCUT2D eigenvalue weighted by Crippen LogP contribution is 2.25. The number of carbonyl (C=O) groups excluding carboxylic acids is 2. The van der Waals surface area contributed by atoms with Gasteiger partial charge in [0, 0.05) is 23.7 Å². The molecule has 0 saturated carbocycles. The highest BCUT2D eigenvalue weighted by molar-refractivity contribution is 6.03. The van der Waals surface area contributed by atoms with E-state index in [1.165, 1.54) is 24.6 Å². The molecule has 0 aromatic heterocycles. The smallest absolute Gasteiger partial charge is 0.271 e. The second kappa shape index (κ2) is 9.73. The number of aromatic hydroxyl groups is 1. The van der Waals surface area contributed by atoms with Gasteiger partial charge in [-0.25, -0.2) is 5.43 Å². The van der Waals surface area contributed by atoms with Gasteiger partial charge in [0.05, 0.1) is 18.3 Å². The average molecular weight is 445 g/mol. The normalized spacial score (nSPS) is 16.3. The molecule has 0 radical (unpaired) electrons.